The molecular weight excluding hydrogens is 374 g/mol. The van der Waals surface area contributed by atoms with Crippen LogP contribution in [0.3, 0.4) is 0 Å². The van der Waals surface area contributed by atoms with E-state index < -0.39 is 0 Å². The number of rotatable bonds is 11. The predicted molar refractivity (Wildman–Crippen MR) is 123 cm³/mol. The summed E-state index contributed by atoms with van der Waals surface area (Å²) in [6, 6.07) is 15.7. The number of benzene rings is 2. The highest BCUT2D eigenvalue weighted by Crippen LogP contribution is 2.28. The maximum absolute atomic E-state index is 13.6. The van der Waals surface area contributed by atoms with Gasteiger partial charge in [0.1, 0.15) is 11.5 Å². The third kappa shape index (κ3) is 5.76. The lowest BCUT2D eigenvalue weighted by molar-refractivity contribution is -0.137. The molecule has 0 bridgehead atoms. The van der Waals surface area contributed by atoms with Gasteiger partial charge in [-0.1, -0.05) is 56.3 Å². The Labute approximate surface area is 180 Å². The number of carbonyl (C=O) groups is 1. The first kappa shape index (κ1) is 23.3. The van der Waals surface area contributed by atoms with Crippen molar-refractivity contribution in [1.82, 2.24) is 4.90 Å². The maximum atomic E-state index is 13.6. The highest BCUT2D eigenvalue weighted by Gasteiger charge is 2.29. The van der Waals surface area contributed by atoms with Crippen LogP contribution in [0.25, 0.3) is 0 Å². The summed E-state index contributed by atoms with van der Waals surface area (Å²) in [6.45, 7) is 12.4. The molecule has 2 aromatic rings. The van der Waals surface area contributed by atoms with Crippen LogP contribution in [0.2, 0.25) is 0 Å². The van der Waals surface area contributed by atoms with Crippen LogP contribution >= 0.6 is 0 Å². The number of methoxy groups -OCH3 is 2. The molecule has 1 amide bonds. The van der Waals surface area contributed by atoms with Gasteiger partial charge in [0.2, 0.25) is 5.91 Å². The van der Waals surface area contributed by atoms with Crippen LogP contribution in [0.5, 0.6) is 11.5 Å². The summed E-state index contributed by atoms with van der Waals surface area (Å²) < 4.78 is 10.9. The van der Waals surface area contributed by atoms with Gasteiger partial charge >= 0.3 is 0 Å². The lowest BCUT2D eigenvalue weighted by Crippen LogP contribution is -2.44. The van der Waals surface area contributed by atoms with Gasteiger partial charge in [0, 0.05) is 18.2 Å². The first-order chi connectivity index (χ1) is 14.4. The normalized spacial score (nSPS) is 12.7. The Kier molecular flexibility index (Phi) is 8.72. The third-order valence-corrected chi connectivity index (χ3v) is 5.34. The zero-order valence-electron chi connectivity index (χ0n) is 18.5. The number of hydrogen-bond acceptors (Lipinski definition) is 3. The molecule has 0 aliphatic heterocycles. The summed E-state index contributed by atoms with van der Waals surface area (Å²) in [5.41, 5.74) is 2.07. The molecule has 0 heterocycles. The van der Waals surface area contributed by atoms with Crippen molar-refractivity contribution in [3.05, 3.63) is 85.0 Å². The van der Waals surface area contributed by atoms with Gasteiger partial charge < -0.3 is 14.4 Å². The van der Waals surface area contributed by atoms with Gasteiger partial charge in [-0.15, -0.1) is 13.2 Å². The minimum absolute atomic E-state index is 0.0405. The van der Waals surface area contributed by atoms with Crippen LogP contribution in [0, 0.1) is 11.8 Å². The molecule has 0 radical (unpaired) electrons. The second kappa shape index (κ2) is 11.2. The number of carbonyl (C=O) groups excluding carboxylic acids is 1. The van der Waals surface area contributed by atoms with Crippen LogP contribution in [-0.4, -0.2) is 31.1 Å². The van der Waals surface area contributed by atoms with E-state index in [9.17, 15) is 4.79 Å². The Bertz CT molecular complexity index is 845. The molecule has 4 heteroatoms. The van der Waals surface area contributed by atoms with E-state index in [4.69, 9.17) is 9.47 Å². The Morgan fingerprint density at radius 2 is 1.73 bits per heavy atom. The standard InChI is InChI=1S/C26H33NO3/c1-7-22(16-20-12-10-9-11-13-20)27(26(28)24(8-2)19(3)4)18-21-14-15-23(29-5)17-25(21)30-6/h7-15,17,19,22,24H,1-2,16,18H2,3-6H3/t22-,24+/m1/s1. The average molecular weight is 408 g/mol. The molecule has 0 spiro atoms. The van der Waals surface area contributed by atoms with E-state index in [-0.39, 0.29) is 23.8 Å². The fourth-order valence-electron chi connectivity index (χ4n) is 3.55. The minimum atomic E-state index is -0.271. The smallest absolute Gasteiger partial charge is 0.230 e. The highest BCUT2D eigenvalue weighted by molar-refractivity contribution is 5.81. The van der Waals surface area contributed by atoms with Crippen molar-refractivity contribution < 1.29 is 14.3 Å². The SMILES string of the molecule is C=C[C@H](C(=O)N(Cc1ccc(OC)cc1OC)[C@H](C=C)Cc1ccccc1)C(C)C. The summed E-state index contributed by atoms with van der Waals surface area (Å²) in [6.07, 6.45) is 4.28. The van der Waals surface area contributed by atoms with Crippen LogP contribution in [0.15, 0.2) is 73.8 Å². The molecule has 160 valence electrons. The van der Waals surface area contributed by atoms with Gasteiger partial charge in [-0.2, -0.15) is 0 Å². The number of ether oxygens (including phenoxy) is 2. The fraction of sp³-hybridized carbons (Fsp3) is 0.346. The maximum Gasteiger partial charge on any atom is 0.230 e. The summed E-state index contributed by atoms with van der Waals surface area (Å²) in [5, 5.41) is 0. The van der Waals surface area contributed by atoms with Gasteiger partial charge in [-0.3, -0.25) is 4.79 Å². The monoisotopic (exact) mass is 407 g/mol. The minimum Gasteiger partial charge on any atom is -0.497 e. The molecule has 4 nitrogen and oxygen atoms in total. The molecule has 0 saturated heterocycles. The molecule has 0 aliphatic rings. The van der Waals surface area contributed by atoms with Crippen molar-refractivity contribution >= 4 is 5.91 Å². The summed E-state index contributed by atoms with van der Waals surface area (Å²) in [5.74, 6) is 1.32. The first-order valence-electron chi connectivity index (χ1n) is 10.3. The van der Waals surface area contributed by atoms with Crippen LogP contribution in [0.4, 0.5) is 0 Å². The summed E-state index contributed by atoms with van der Waals surface area (Å²) in [4.78, 5) is 15.5. The second-order valence-electron chi connectivity index (χ2n) is 7.64. The van der Waals surface area contributed by atoms with Gasteiger partial charge in [-0.25, -0.2) is 0 Å². The number of nitrogens with zero attached hydrogens (tertiary/aromatic N) is 1. The molecule has 2 atom stereocenters. The Morgan fingerprint density at radius 3 is 2.27 bits per heavy atom. The van der Waals surface area contributed by atoms with Crippen molar-refractivity contribution in [2.75, 3.05) is 14.2 Å². The molecule has 2 aromatic carbocycles. The van der Waals surface area contributed by atoms with E-state index in [2.05, 4.69) is 25.3 Å². The second-order valence-corrected chi connectivity index (χ2v) is 7.64. The van der Waals surface area contributed by atoms with E-state index in [1.807, 2.05) is 61.2 Å². The number of hydrogen-bond donors (Lipinski definition) is 0. The highest BCUT2D eigenvalue weighted by atomic mass is 16.5. The van der Waals surface area contributed by atoms with E-state index in [0.717, 1.165) is 11.1 Å². The third-order valence-electron chi connectivity index (χ3n) is 5.34. The van der Waals surface area contributed by atoms with E-state index >= 15 is 0 Å². The van der Waals surface area contributed by atoms with E-state index in [1.165, 1.54) is 0 Å². The predicted octanol–water partition coefficient (Wildman–Crippen LogP) is 5.29. The molecule has 0 N–H and O–H groups in total. The van der Waals surface area contributed by atoms with Crippen LogP contribution < -0.4 is 9.47 Å². The molecule has 0 aliphatic carbocycles. The van der Waals surface area contributed by atoms with Crippen molar-refractivity contribution in [3.63, 3.8) is 0 Å². The average Bonchev–Trinajstić information content (AvgIpc) is 2.76. The Hall–Kier alpha value is -3.01. The molecule has 2 rings (SSSR count). The fourth-order valence-corrected chi connectivity index (χ4v) is 3.55. The quantitative estimate of drug-likeness (QED) is 0.475. The van der Waals surface area contributed by atoms with Crippen molar-refractivity contribution in [1.29, 1.82) is 0 Å². The van der Waals surface area contributed by atoms with Crippen molar-refractivity contribution in [2.45, 2.75) is 32.9 Å². The van der Waals surface area contributed by atoms with Gasteiger partial charge in [-0.05, 0) is 30.0 Å². The topological polar surface area (TPSA) is 38.8 Å². The van der Waals surface area contributed by atoms with Crippen LogP contribution in [-0.2, 0) is 17.8 Å². The summed E-state index contributed by atoms with van der Waals surface area (Å²) in [7, 11) is 3.25. The largest absolute Gasteiger partial charge is 0.497 e. The van der Waals surface area contributed by atoms with Gasteiger partial charge in [0.25, 0.3) is 0 Å². The lowest BCUT2D eigenvalue weighted by Gasteiger charge is -2.34. The van der Waals surface area contributed by atoms with Gasteiger partial charge in [0.05, 0.1) is 26.2 Å². The van der Waals surface area contributed by atoms with Crippen LogP contribution in [0.1, 0.15) is 25.0 Å². The zero-order valence-corrected chi connectivity index (χ0v) is 18.5. The Balaban J connectivity index is 2.43. The molecule has 0 aromatic heterocycles. The van der Waals surface area contributed by atoms with Crippen molar-refractivity contribution in [3.8, 4) is 11.5 Å². The van der Waals surface area contributed by atoms with Gasteiger partial charge in [0.15, 0.2) is 0 Å². The van der Waals surface area contributed by atoms with E-state index in [1.54, 1.807) is 20.3 Å². The van der Waals surface area contributed by atoms with E-state index in [0.29, 0.717) is 24.5 Å². The number of amides is 1. The Morgan fingerprint density at radius 1 is 1.03 bits per heavy atom. The summed E-state index contributed by atoms with van der Waals surface area (Å²) >= 11 is 0. The first-order valence-corrected chi connectivity index (χ1v) is 10.3. The lowest BCUT2D eigenvalue weighted by atomic mass is 9.92. The molecule has 0 saturated carbocycles. The molecule has 30 heavy (non-hydrogen) atoms. The zero-order chi connectivity index (χ0) is 22.1. The molecular formula is C26H33NO3. The van der Waals surface area contributed by atoms with Crippen molar-refractivity contribution in [2.24, 2.45) is 11.8 Å². The molecule has 0 fully saturated rings. The molecule has 0 unspecified atom stereocenters.